The number of ether oxygens (including phenoxy) is 4. The number of carboxylic acid groups (broad SMARTS) is 1. The first-order valence-electron chi connectivity index (χ1n) is 12.5. The van der Waals surface area contributed by atoms with Crippen LogP contribution in [0.25, 0.3) is 10.9 Å². The Bertz CT molecular complexity index is 1220. The van der Waals surface area contributed by atoms with E-state index in [4.69, 9.17) is 18.9 Å². The molecule has 8 heteroatoms. The third-order valence-electron chi connectivity index (χ3n) is 6.94. The number of benzene rings is 2. The van der Waals surface area contributed by atoms with Gasteiger partial charge in [-0.25, -0.2) is 0 Å². The number of aliphatic carboxylic acids is 1. The second-order valence-corrected chi connectivity index (χ2v) is 9.33. The molecule has 8 nitrogen and oxygen atoms in total. The number of pyridine rings is 1. The van der Waals surface area contributed by atoms with Crippen LogP contribution in [0.5, 0.6) is 17.2 Å². The van der Waals surface area contributed by atoms with E-state index >= 15 is 0 Å². The monoisotopic (exact) mass is 492 g/mol. The fraction of sp³-hybridized carbons (Fsp3) is 0.429. The zero-order chi connectivity index (χ0) is 24.9. The molecule has 190 valence electrons. The molecule has 2 aromatic carbocycles. The van der Waals surface area contributed by atoms with E-state index in [0.29, 0.717) is 19.8 Å². The molecule has 0 radical (unpaired) electrons. The number of aromatic nitrogens is 1. The summed E-state index contributed by atoms with van der Waals surface area (Å²) in [5.74, 6) is 1.47. The van der Waals surface area contributed by atoms with Gasteiger partial charge < -0.3 is 29.4 Å². The first-order chi connectivity index (χ1) is 17.6. The number of aryl methyl sites for hydroxylation is 1. The van der Waals surface area contributed by atoms with Gasteiger partial charge in [-0.15, -0.1) is 0 Å². The molecule has 1 fully saturated rings. The smallest absolute Gasteiger partial charge is 0.306 e. The lowest BCUT2D eigenvalue weighted by atomic mass is 9.92. The molecule has 1 aromatic heterocycles. The lowest BCUT2D eigenvalue weighted by Crippen LogP contribution is -2.48. The van der Waals surface area contributed by atoms with E-state index in [1.165, 1.54) is 5.56 Å². The van der Waals surface area contributed by atoms with Crippen molar-refractivity contribution in [3.63, 3.8) is 0 Å². The van der Waals surface area contributed by atoms with Crippen molar-refractivity contribution in [2.45, 2.75) is 56.9 Å². The molecule has 2 aliphatic heterocycles. The SMILES string of the molecule is COc1ccc2nccc(CC[C@@H]3CC[C@@H](NCc4ccc5c(c4)OCCO5)[C@@H](CC(=O)O)O3)c2c1. The number of carbonyl (C=O) groups is 1. The number of hydrogen-bond donors (Lipinski definition) is 2. The molecule has 3 atom stereocenters. The van der Waals surface area contributed by atoms with Crippen molar-refractivity contribution >= 4 is 16.9 Å². The van der Waals surface area contributed by atoms with Gasteiger partial charge in [0.05, 0.1) is 31.3 Å². The van der Waals surface area contributed by atoms with Crippen molar-refractivity contribution < 1.29 is 28.8 Å². The third-order valence-corrected chi connectivity index (χ3v) is 6.94. The summed E-state index contributed by atoms with van der Waals surface area (Å²) in [6.45, 7) is 1.72. The quantitative estimate of drug-likeness (QED) is 0.460. The van der Waals surface area contributed by atoms with E-state index < -0.39 is 5.97 Å². The van der Waals surface area contributed by atoms with Crippen LogP contribution >= 0.6 is 0 Å². The standard InChI is InChI=1S/C28H32N2O6/c1-33-21-6-7-23-22(15-21)19(10-11-29-23)3-4-20-5-8-24(26(36-20)16-28(31)32)30-17-18-2-9-25-27(14-18)35-13-12-34-25/h2,6-7,9-11,14-15,20,24,26,30H,3-5,8,12-13,16-17H2,1H3,(H,31,32)/t20-,24-,26-/m1/s1. The Labute approximate surface area is 210 Å². The highest BCUT2D eigenvalue weighted by Gasteiger charge is 2.32. The van der Waals surface area contributed by atoms with Gasteiger partial charge in [-0.1, -0.05) is 6.07 Å². The second-order valence-electron chi connectivity index (χ2n) is 9.33. The van der Waals surface area contributed by atoms with Crippen molar-refractivity contribution in [2.24, 2.45) is 0 Å². The molecular formula is C28H32N2O6. The van der Waals surface area contributed by atoms with Crippen LogP contribution in [0, 0.1) is 0 Å². The highest BCUT2D eigenvalue weighted by atomic mass is 16.6. The zero-order valence-electron chi connectivity index (χ0n) is 20.4. The molecule has 0 amide bonds. The van der Waals surface area contributed by atoms with Gasteiger partial charge in [-0.2, -0.15) is 0 Å². The molecule has 2 aliphatic rings. The van der Waals surface area contributed by atoms with Crippen LogP contribution in [0.4, 0.5) is 0 Å². The highest BCUT2D eigenvalue weighted by Crippen LogP contribution is 2.31. The molecular weight excluding hydrogens is 460 g/mol. The van der Waals surface area contributed by atoms with Crippen LogP contribution in [0.15, 0.2) is 48.7 Å². The van der Waals surface area contributed by atoms with Gasteiger partial charge in [0.2, 0.25) is 0 Å². The molecule has 36 heavy (non-hydrogen) atoms. The molecule has 3 heterocycles. The van der Waals surface area contributed by atoms with E-state index in [2.05, 4.69) is 10.3 Å². The minimum Gasteiger partial charge on any atom is -0.497 e. The van der Waals surface area contributed by atoms with E-state index in [-0.39, 0.29) is 24.7 Å². The predicted octanol–water partition coefficient (Wildman–Crippen LogP) is 4.13. The summed E-state index contributed by atoms with van der Waals surface area (Å²) in [5.41, 5.74) is 3.19. The largest absolute Gasteiger partial charge is 0.497 e. The minimum atomic E-state index is -0.848. The van der Waals surface area contributed by atoms with E-state index in [9.17, 15) is 9.90 Å². The summed E-state index contributed by atoms with van der Waals surface area (Å²) >= 11 is 0. The zero-order valence-corrected chi connectivity index (χ0v) is 20.4. The topological polar surface area (TPSA) is 99.1 Å². The van der Waals surface area contributed by atoms with Gasteiger partial charge in [0.15, 0.2) is 11.5 Å². The van der Waals surface area contributed by atoms with Crippen molar-refractivity contribution in [2.75, 3.05) is 20.3 Å². The van der Waals surface area contributed by atoms with Gasteiger partial charge in [-0.05, 0) is 73.2 Å². The Balaban J connectivity index is 1.21. The number of fused-ring (bicyclic) bond motifs is 2. The van der Waals surface area contributed by atoms with Crippen LogP contribution in [-0.4, -0.2) is 54.6 Å². The highest BCUT2D eigenvalue weighted by molar-refractivity contribution is 5.83. The van der Waals surface area contributed by atoms with E-state index in [0.717, 1.165) is 59.4 Å². The summed E-state index contributed by atoms with van der Waals surface area (Å²) in [6.07, 6.45) is 4.82. The Morgan fingerprint density at radius 1 is 1.11 bits per heavy atom. The van der Waals surface area contributed by atoms with E-state index in [1.54, 1.807) is 7.11 Å². The number of rotatable bonds is 9. The molecule has 0 unspecified atom stereocenters. The summed E-state index contributed by atoms with van der Waals surface area (Å²) in [4.78, 5) is 16.0. The number of nitrogens with one attached hydrogen (secondary N) is 1. The van der Waals surface area contributed by atoms with Gasteiger partial charge in [0.1, 0.15) is 19.0 Å². The number of hydrogen-bond acceptors (Lipinski definition) is 7. The average molecular weight is 493 g/mol. The minimum absolute atomic E-state index is 0.00974. The molecule has 0 spiro atoms. The average Bonchev–Trinajstić information content (AvgIpc) is 2.90. The predicted molar refractivity (Wildman–Crippen MR) is 135 cm³/mol. The van der Waals surface area contributed by atoms with Crippen LogP contribution in [0.2, 0.25) is 0 Å². The number of carboxylic acids is 1. The van der Waals surface area contributed by atoms with Crippen molar-refractivity contribution in [1.82, 2.24) is 10.3 Å². The second kappa shape index (κ2) is 11.1. The lowest BCUT2D eigenvalue weighted by Gasteiger charge is -2.37. The summed E-state index contributed by atoms with van der Waals surface area (Å²) in [7, 11) is 1.66. The lowest BCUT2D eigenvalue weighted by molar-refractivity contribution is -0.145. The maximum atomic E-state index is 11.6. The van der Waals surface area contributed by atoms with Crippen molar-refractivity contribution in [3.8, 4) is 17.2 Å². The first kappa shape index (κ1) is 24.3. The van der Waals surface area contributed by atoms with Crippen molar-refractivity contribution in [3.05, 3.63) is 59.8 Å². The van der Waals surface area contributed by atoms with E-state index in [1.807, 2.05) is 48.7 Å². The fourth-order valence-electron chi connectivity index (χ4n) is 5.06. The number of methoxy groups -OCH3 is 1. The molecule has 2 N–H and O–H groups in total. The first-order valence-corrected chi connectivity index (χ1v) is 12.5. The normalized spacial score (nSPS) is 21.3. The van der Waals surface area contributed by atoms with Gasteiger partial charge in [-0.3, -0.25) is 9.78 Å². The third kappa shape index (κ3) is 5.71. The molecule has 0 saturated carbocycles. The van der Waals surface area contributed by atoms with Crippen LogP contribution < -0.4 is 19.5 Å². The fourth-order valence-corrected chi connectivity index (χ4v) is 5.06. The van der Waals surface area contributed by atoms with Crippen LogP contribution in [-0.2, 0) is 22.5 Å². The maximum Gasteiger partial charge on any atom is 0.306 e. The summed E-state index contributed by atoms with van der Waals surface area (Å²) in [5, 5.41) is 14.1. The number of nitrogens with zero attached hydrogens (tertiary/aromatic N) is 1. The summed E-state index contributed by atoms with van der Waals surface area (Å²) in [6, 6.07) is 13.8. The Morgan fingerprint density at radius 2 is 1.97 bits per heavy atom. The molecule has 5 rings (SSSR count). The van der Waals surface area contributed by atoms with Crippen LogP contribution in [0.3, 0.4) is 0 Å². The molecule has 1 saturated heterocycles. The Kier molecular flexibility index (Phi) is 7.53. The summed E-state index contributed by atoms with van der Waals surface area (Å²) < 4.78 is 23.0. The van der Waals surface area contributed by atoms with Crippen LogP contribution in [0.1, 0.15) is 36.8 Å². The molecule has 0 bridgehead atoms. The Morgan fingerprint density at radius 3 is 2.81 bits per heavy atom. The van der Waals surface area contributed by atoms with Gasteiger partial charge in [0, 0.05) is 24.2 Å². The Hall–Kier alpha value is -3.36. The van der Waals surface area contributed by atoms with Gasteiger partial charge >= 0.3 is 5.97 Å². The molecule has 0 aliphatic carbocycles. The molecule has 3 aromatic rings. The maximum absolute atomic E-state index is 11.6. The van der Waals surface area contributed by atoms with Crippen molar-refractivity contribution in [1.29, 1.82) is 0 Å². The van der Waals surface area contributed by atoms with Gasteiger partial charge in [0.25, 0.3) is 0 Å².